The molecule has 0 aliphatic carbocycles. The van der Waals surface area contributed by atoms with Gasteiger partial charge in [-0.3, -0.25) is 14.5 Å². The van der Waals surface area contributed by atoms with Crippen LogP contribution in [0.4, 0.5) is 10.1 Å². The number of aromatic hydroxyl groups is 1. The van der Waals surface area contributed by atoms with Gasteiger partial charge >= 0.3 is 5.97 Å². The number of ether oxygens (including phenoxy) is 2. The number of hydrogen-bond acceptors (Lipinski definition) is 7. The van der Waals surface area contributed by atoms with E-state index in [2.05, 4.69) is 0 Å². The lowest BCUT2D eigenvalue weighted by Gasteiger charge is -2.26. The van der Waals surface area contributed by atoms with Gasteiger partial charge in [-0.05, 0) is 67.9 Å². The van der Waals surface area contributed by atoms with Crippen molar-refractivity contribution in [2.75, 3.05) is 12.0 Å². The van der Waals surface area contributed by atoms with Gasteiger partial charge in [0.25, 0.3) is 11.7 Å². The summed E-state index contributed by atoms with van der Waals surface area (Å²) in [5.41, 5.74) is 0.311. The number of anilines is 1. The molecule has 37 heavy (non-hydrogen) atoms. The maximum Gasteiger partial charge on any atom is 0.338 e. The minimum absolute atomic E-state index is 0.0501. The van der Waals surface area contributed by atoms with Crippen LogP contribution in [-0.2, 0) is 14.3 Å². The second-order valence-corrected chi connectivity index (χ2v) is 8.61. The Balaban J connectivity index is 1.93. The Kier molecular flexibility index (Phi) is 6.97. The molecule has 1 fully saturated rings. The second-order valence-electron chi connectivity index (χ2n) is 8.61. The van der Waals surface area contributed by atoms with Gasteiger partial charge in [0.1, 0.15) is 23.1 Å². The van der Waals surface area contributed by atoms with E-state index in [1.807, 2.05) is 0 Å². The molecular formula is C28H24FNO7. The maximum absolute atomic E-state index is 14.1. The van der Waals surface area contributed by atoms with E-state index in [4.69, 9.17) is 9.47 Å². The van der Waals surface area contributed by atoms with Crippen molar-refractivity contribution in [1.29, 1.82) is 0 Å². The van der Waals surface area contributed by atoms with Gasteiger partial charge < -0.3 is 19.7 Å². The highest BCUT2D eigenvalue weighted by atomic mass is 19.1. The van der Waals surface area contributed by atoms with E-state index in [1.54, 1.807) is 13.8 Å². The first-order chi connectivity index (χ1) is 17.6. The first-order valence-electron chi connectivity index (χ1n) is 11.4. The van der Waals surface area contributed by atoms with Crippen LogP contribution in [0.15, 0.2) is 72.3 Å². The van der Waals surface area contributed by atoms with Crippen LogP contribution >= 0.6 is 0 Å². The van der Waals surface area contributed by atoms with Crippen molar-refractivity contribution in [2.45, 2.75) is 26.0 Å². The lowest BCUT2D eigenvalue weighted by molar-refractivity contribution is -0.132. The normalized spacial score (nSPS) is 16.8. The number of phenolic OH excluding ortho intramolecular Hbond substituents is 1. The van der Waals surface area contributed by atoms with E-state index in [0.717, 1.165) is 17.0 Å². The molecule has 8 nitrogen and oxygen atoms in total. The van der Waals surface area contributed by atoms with Crippen LogP contribution in [0, 0.1) is 5.82 Å². The molecule has 3 aromatic rings. The summed E-state index contributed by atoms with van der Waals surface area (Å²) in [7, 11) is 1.32. The topological polar surface area (TPSA) is 113 Å². The van der Waals surface area contributed by atoms with Gasteiger partial charge in [-0.1, -0.05) is 18.2 Å². The Morgan fingerprint density at radius 2 is 1.73 bits per heavy atom. The van der Waals surface area contributed by atoms with E-state index in [0.29, 0.717) is 5.56 Å². The van der Waals surface area contributed by atoms with E-state index < -0.39 is 35.3 Å². The highest BCUT2D eigenvalue weighted by Crippen LogP contribution is 2.43. The van der Waals surface area contributed by atoms with Gasteiger partial charge in [-0.15, -0.1) is 0 Å². The van der Waals surface area contributed by atoms with Crippen LogP contribution in [0.25, 0.3) is 5.76 Å². The van der Waals surface area contributed by atoms with Crippen molar-refractivity contribution in [1.82, 2.24) is 0 Å². The summed E-state index contributed by atoms with van der Waals surface area (Å²) in [6.07, 6.45) is -0.372. The quantitative estimate of drug-likeness (QED) is 0.215. The van der Waals surface area contributed by atoms with Gasteiger partial charge in [-0.25, -0.2) is 9.18 Å². The summed E-state index contributed by atoms with van der Waals surface area (Å²) in [4.78, 5) is 40.3. The predicted molar refractivity (Wildman–Crippen MR) is 133 cm³/mol. The van der Waals surface area contributed by atoms with E-state index in [1.165, 1.54) is 61.7 Å². The number of rotatable bonds is 6. The zero-order valence-electron chi connectivity index (χ0n) is 20.3. The third-order valence-corrected chi connectivity index (χ3v) is 5.77. The largest absolute Gasteiger partial charge is 0.508 e. The van der Waals surface area contributed by atoms with Crippen molar-refractivity contribution in [2.24, 2.45) is 0 Å². The lowest BCUT2D eigenvalue weighted by Crippen LogP contribution is -2.29. The number of carbonyl (C=O) groups is 3. The fourth-order valence-electron chi connectivity index (χ4n) is 4.15. The second kappa shape index (κ2) is 10.1. The zero-order chi connectivity index (χ0) is 26.9. The zero-order valence-corrected chi connectivity index (χ0v) is 20.3. The number of Topliss-reactive ketones (excluding diaryl/α,β-unsaturated/α-hetero) is 1. The molecule has 9 heteroatoms. The Labute approximate surface area is 212 Å². The summed E-state index contributed by atoms with van der Waals surface area (Å²) in [6.45, 7) is 3.40. The molecule has 1 atom stereocenters. The van der Waals surface area contributed by atoms with Crippen LogP contribution in [-0.4, -0.2) is 41.1 Å². The average molecular weight is 505 g/mol. The minimum atomic E-state index is -1.16. The smallest absolute Gasteiger partial charge is 0.338 e. The fourth-order valence-corrected chi connectivity index (χ4v) is 4.15. The summed E-state index contributed by atoms with van der Waals surface area (Å²) >= 11 is 0. The highest BCUT2D eigenvalue weighted by molar-refractivity contribution is 6.51. The number of methoxy groups -OCH3 is 1. The number of nitrogens with zero attached hydrogens (tertiary/aromatic N) is 1. The van der Waals surface area contributed by atoms with Crippen LogP contribution in [0.5, 0.6) is 11.5 Å². The molecule has 1 saturated heterocycles. The number of hydrogen-bond donors (Lipinski definition) is 2. The number of carbonyl (C=O) groups excluding carboxylic acids is 3. The molecule has 1 amide bonds. The first kappa shape index (κ1) is 25.4. The molecule has 0 radical (unpaired) electrons. The number of aliphatic hydroxyl groups excluding tert-OH is 1. The highest BCUT2D eigenvalue weighted by Gasteiger charge is 2.47. The van der Waals surface area contributed by atoms with Gasteiger partial charge in [0.05, 0.1) is 36.0 Å². The summed E-state index contributed by atoms with van der Waals surface area (Å²) in [6, 6.07) is 14.0. The maximum atomic E-state index is 14.1. The first-order valence-corrected chi connectivity index (χ1v) is 11.4. The molecular weight excluding hydrogens is 481 g/mol. The summed E-state index contributed by atoms with van der Waals surface area (Å²) in [5, 5.41) is 21.0. The van der Waals surface area contributed by atoms with Crippen LogP contribution in [0.2, 0.25) is 0 Å². The monoisotopic (exact) mass is 505 g/mol. The Morgan fingerprint density at radius 1 is 1.03 bits per heavy atom. The molecule has 1 aliphatic rings. The number of esters is 1. The van der Waals surface area contributed by atoms with Gasteiger partial charge in [-0.2, -0.15) is 0 Å². The molecule has 190 valence electrons. The summed E-state index contributed by atoms with van der Waals surface area (Å²) in [5.74, 6) is -3.88. The van der Waals surface area contributed by atoms with Crippen molar-refractivity contribution in [3.05, 3.63) is 94.8 Å². The Hall–Kier alpha value is -4.66. The van der Waals surface area contributed by atoms with E-state index in [9.17, 15) is 29.0 Å². The SMILES string of the molecule is COc1ccc(F)cc1/C(O)=C1\C(=O)C(=O)N(c2cccc(C(=O)OC(C)C)c2)C1c1ccc(O)cc1. The molecule has 2 N–H and O–H groups in total. The molecule has 1 heterocycles. The van der Waals surface area contributed by atoms with E-state index in [-0.39, 0.29) is 40.0 Å². The van der Waals surface area contributed by atoms with Gasteiger partial charge in [0.15, 0.2) is 0 Å². The molecule has 0 spiro atoms. The van der Waals surface area contributed by atoms with Crippen molar-refractivity contribution >= 4 is 29.1 Å². The van der Waals surface area contributed by atoms with Crippen LogP contribution in [0.3, 0.4) is 0 Å². The van der Waals surface area contributed by atoms with Crippen LogP contribution < -0.4 is 9.64 Å². The molecule has 0 bridgehead atoms. The number of amides is 1. The molecule has 0 saturated carbocycles. The third-order valence-electron chi connectivity index (χ3n) is 5.77. The Bertz CT molecular complexity index is 1410. The van der Waals surface area contributed by atoms with Crippen molar-refractivity contribution in [3.63, 3.8) is 0 Å². The van der Waals surface area contributed by atoms with Gasteiger partial charge in [0, 0.05) is 5.69 Å². The predicted octanol–water partition coefficient (Wildman–Crippen LogP) is 4.73. The number of ketones is 1. The molecule has 0 aromatic heterocycles. The third kappa shape index (κ3) is 4.88. The number of aliphatic hydroxyl groups is 1. The number of halogens is 1. The molecule has 4 rings (SSSR count). The van der Waals surface area contributed by atoms with Crippen molar-refractivity contribution < 1.29 is 38.5 Å². The van der Waals surface area contributed by atoms with Crippen LogP contribution in [0.1, 0.15) is 41.4 Å². The Morgan fingerprint density at radius 3 is 2.38 bits per heavy atom. The van der Waals surface area contributed by atoms with E-state index >= 15 is 0 Å². The van der Waals surface area contributed by atoms with Gasteiger partial charge in [0.2, 0.25) is 0 Å². The molecule has 1 aliphatic heterocycles. The number of benzene rings is 3. The molecule has 3 aromatic carbocycles. The standard InChI is InChI=1S/C28H24FNO7/c1-15(2)37-28(35)17-5-4-6-19(13-17)30-24(16-7-10-20(31)11-8-16)23(26(33)27(30)34)25(32)21-14-18(29)9-12-22(21)36-3/h4-15,24,31-32H,1-3H3/b25-23+. The lowest BCUT2D eigenvalue weighted by atomic mass is 9.94. The molecule has 1 unspecified atom stereocenters. The number of phenols is 1. The van der Waals surface area contributed by atoms with Crippen molar-refractivity contribution in [3.8, 4) is 11.5 Å². The fraction of sp³-hybridized carbons (Fsp3) is 0.179. The average Bonchev–Trinajstić information content (AvgIpc) is 3.14. The minimum Gasteiger partial charge on any atom is -0.508 e. The summed E-state index contributed by atoms with van der Waals surface area (Å²) < 4.78 is 24.6.